The number of thioether (sulfide) groups is 1. The molecule has 0 amide bonds. The summed E-state index contributed by atoms with van der Waals surface area (Å²) in [4.78, 5) is 10.2. The van der Waals surface area contributed by atoms with Crippen molar-refractivity contribution in [3.63, 3.8) is 0 Å². The number of hydrogen-bond donors (Lipinski definition) is 2. The molecule has 0 aromatic rings. The fraction of sp³-hybridized carbons (Fsp3) is 0.778. The van der Waals surface area contributed by atoms with Gasteiger partial charge in [0.15, 0.2) is 0 Å². The average Bonchev–Trinajstić information content (AvgIpc) is 2.45. The van der Waals surface area contributed by atoms with Gasteiger partial charge >= 0.3 is 5.97 Å². The molecule has 1 aliphatic rings. The van der Waals surface area contributed by atoms with Gasteiger partial charge in [-0.05, 0) is 25.0 Å². The zero-order valence-electron chi connectivity index (χ0n) is 7.61. The summed E-state index contributed by atoms with van der Waals surface area (Å²) in [5, 5.41) is 8.94. The van der Waals surface area contributed by atoms with Crippen molar-refractivity contribution < 1.29 is 9.90 Å². The summed E-state index contributed by atoms with van der Waals surface area (Å²) in [7, 11) is 0. The van der Waals surface area contributed by atoms with Crippen LogP contribution in [0.2, 0.25) is 0 Å². The number of carbonyl (C=O) groups is 1. The van der Waals surface area contributed by atoms with E-state index in [0.717, 1.165) is 25.0 Å². The minimum Gasteiger partial charge on any atom is -0.481 e. The van der Waals surface area contributed by atoms with Crippen LogP contribution in [0.15, 0.2) is 0 Å². The Bertz CT molecular complexity index is 175. The maximum absolute atomic E-state index is 10.2. The Kier molecular flexibility index (Phi) is 4.59. The van der Waals surface area contributed by atoms with E-state index in [1.165, 1.54) is 0 Å². The van der Waals surface area contributed by atoms with Crippen LogP contribution in [-0.2, 0) is 4.79 Å². The normalized spacial score (nSPS) is 27.8. The largest absolute Gasteiger partial charge is 0.481 e. The van der Waals surface area contributed by atoms with Crippen molar-refractivity contribution in [2.24, 2.45) is 5.73 Å². The highest BCUT2D eigenvalue weighted by atomic mass is 32.2. The van der Waals surface area contributed by atoms with Crippen molar-refractivity contribution in [3.8, 4) is 0 Å². The molecule has 75 valence electrons. The Balaban J connectivity index is 2.02. The fourth-order valence-electron chi connectivity index (χ4n) is 1.45. The van der Waals surface area contributed by atoms with Gasteiger partial charge in [-0.25, -0.2) is 0 Å². The van der Waals surface area contributed by atoms with Gasteiger partial charge in [-0.2, -0.15) is 11.8 Å². The predicted molar refractivity (Wildman–Crippen MR) is 54.6 cm³/mol. The quantitative estimate of drug-likeness (QED) is 0.659. The molecule has 1 saturated heterocycles. The van der Waals surface area contributed by atoms with E-state index in [0.29, 0.717) is 5.25 Å². The van der Waals surface area contributed by atoms with Gasteiger partial charge in [0.25, 0.3) is 0 Å². The smallest absolute Gasteiger partial charge is 0.303 e. The van der Waals surface area contributed by atoms with Gasteiger partial charge in [-0.1, -0.05) is 6.42 Å². The van der Waals surface area contributed by atoms with Crippen molar-refractivity contribution in [3.05, 3.63) is 6.42 Å². The minimum atomic E-state index is -0.699. The number of unbranched alkanes of at least 4 members (excludes halogenated alkanes) is 1. The van der Waals surface area contributed by atoms with Crippen LogP contribution in [0, 0.1) is 6.42 Å². The van der Waals surface area contributed by atoms with Gasteiger partial charge in [0.1, 0.15) is 0 Å². The fourth-order valence-corrected chi connectivity index (χ4v) is 2.70. The van der Waals surface area contributed by atoms with E-state index in [2.05, 4.69) is 6.42 Å². The molecule has 1 fully saturated rings. The molecule has 1 aliphatic heterocycles. The van der Waals surface area contributed by atoms with Crippen LogP contribution in [0.3, 0.4) is 0 Å². The van der Waals surface area contributed by atoms with Crippen molar-refractivity contribution in [2.75, 3.05) is 5.75 Å². The lowest BCUT2D eigenvalue weighted by molar-refractivity contribution is -0.137. The minimum absolute atomic E-state index is 0.217. The molecule has 0 aliphatic carbocycles. The first kappa shape index (κ1) is 10.9. The second kappa shape index (κ2) is 5.50. The molecule has 4 heteroatoms. The summed E-state index contributed by atoms with van der Waals surface area (Å²) < 4.78 is 0. The second-order valence-corrected chi connectivity index (χ2v) is 4.60. The van der Waals surface area contributed by atoms with Crippen LogP contribution in [-0.4, -0.2) is 28.1 Å². The first-order valence-electron chi connectivity index (χ1n) is 4.62. The Hall–Kier alpha value is -0.220. The summed E-state index contributed by atoms with van der Waals surface area (Å²) >= 11 is 1.88. The molecule has 0 aromatic carbocycles. The predicted octanol–water partition coefficient (Wildman–Crippen LogP) is 1.28. The van der Waals surface area contributed by atoms with E-state index >= 15 is 0 Å². The van der Waals surface area contributed by atoms with E-state index in [1.807, 2.05) is 11.8 Å². The van der Waals surface area contributed by atoms with E-state index < -0.39 is 5.97 Å². The average molecular weight is 202 g/mol. The topological polar surface area (TPSA) is 63.3 Å². The Morgan fingerprint density at radius 2 is 2.38 bits per heavy atom. The van der Waals surface area contributed by atoms with E-state index in [4.69, 9.17) is 10.8 Å². The van der Waals surface area contributed by atoms with E-state index in [-0.39, 0.29) is 12.5 Å². The molecule has 0 aromatic heterocycles. The molecule has 2 atom stereocenters. The summed E-state index contributed by atoms with van der Waals surface area (Å²) in [5.41, 5.74) is 5.83. The standard InChI is InChI=1S/C9H16NO2S/c10-7-5-6-13-8(7)3-1-2-4-9(11)12/h5,7-8H,1-4,6,10H2,(H,11,12). The highest BCUT2D eigenvalue weighted by Gasteiger charge is 2.23. The number of nitrogens with two attached hydrogens (primary N) is 1. The van der Waals surface area contributed by atoms with E-state index in [9.17, 15) is 4.79 Å². The van der Waals surface area contributed by atoms with Crippen LogP contribution < -0.4 is 5.73 Å². The summed E-state index contributed by atoms with van der Waals surface area (Å²) in [5.74, 6) is 0.347. The molecule has 13 heavy (non-hydrogen) atoms. The maximum atomic E-state index is 10.2. The molecule has 1 radical (unpaired) electrons. The maximum Gasteiger partial charge on any atom is 0.303 e. The van der Waals surface area contributed by atoms with Gasteiger partial charge in [0, 0.05) is 17.7 Å². The molecule has 3 nitrogen and oxygen atoms in total. The van der Waals surface area contributed by atoms with Gasteiger partial charge in [-0.3, -0.25) is 4.79 Å². The summed E-state index contributed by atoms with van der Waals surface area (Å²) in [6.45, 7) is 0. The first-order chi connectivity index (χ1) is 6.20. The highest BCUT2D eigenvalue weighted by Crippen LogP contribution is 2.28. The first-order valence-corrected chi connectivity index (χ1v) is 5.67. The van der Waals surface area contributed by atoms with Crippen LogP contribution in [0.1, 0.15) is 25.7 Å². The van der Waals surface area contributed by atoms with Crippen molar-refractivity contribution >= 4 is 17.7 Å². The van der Waals surface area contributed by atoms with Gasteiger partial charge in [0.05, 0.1) is 0 Å². The number of carboxylic acids is 1. The number of rotatable bonds is 5. The zero-order valence-corrected chi connectivity index (χ0v) is 8.43. The van der Waals surface area contributed by atoms with E-state index in [1.54, 1.807) is 0 Å². The molecular formula is C9H16NO2S. The lowest BCUT2D eigenvalue weighted by Crippen LogP contribution is -2.27. The van der Waals surface area contributed by atoms with Gasteiger partial charge < -0.3 is 10.8 Å². The lowest BCUT2D eigenvalue weighted by atomic mass is 10.1. The Morgan fingerprint density at radius 1 is 1.62 bits per heavy atom. The molecule has 0 saturated carbocycles. The third kappa shape index (κ3) is 4.00. The number of carboxylic acid groups (broad SMARTS) is 1. The lowest BCUT2D eigenvalue weighted by Gasteiger charge is -2.12. The number of aliphatic carboxylic acids is 1. The monoisotopic (exact) mass is 202 g/mol. The third-order valence-corrected chi connectivity index (χ3v) is 3.60. The van der Waals surface area contributed by atoms with Gasteiger partial charge in [-0.15, -0.1) is 0 Å². The van der Waals surface area contributed by atoms with Crippen molar-refractivity contribution in [1.82, 2.24) is 0 Å². The molecule has 3 N–H and O–H groups in total. The van der Waals surface area contributed by atoms with Crippen LogP contribution in [0.4, 0.5) is 0 Å². The molecule has 1 heterocycles. The molecule has 0 bridgehead atoms. The summed E-state index contributed by atoms with van der Waals surface area (Å²) in [6, 6.07) is 0.217. The molecule has 2 unspecified atom stereocenters. The van der Waals surface area contributed by atoms with Gasteiger partial charge in [0.2, 0.25) is 0 Å². The van der Waals surface area contributed by atoms with Crippen LogP contribution in [0.5, 0.6) is 0 Å². The summed E-state index contributed by atoms with van der Waals surface area (Å²) in [6.07, 6.45) is 5.23. The number of hydrogen-bond acceptors (Lipinski definition) is 3. The van der Waals surface area contributed by atoms with Crippen LogP contribution in [0.25, 0.3) is 0 Å². The van der Waals surface area contributed by atoms with Crippen LogP contribution >= 0.6 is 11.8 Å². The molecular weight excluding hydrogens is 186 g/mol. The van der Waals surface area contributed by atoms with Crippen molar-refractivity contribution in [2.45, 2.75) is 37.0 Å². The Labute approximate surface area is 83.1 Å². The zero-order chi connectivity index (χ0) is 9.68. The molecule has 0 spiro atoms. The molecule has 1 rings (SSSR count). The SMILES string of the molecule is NC1[CH]CSC1CCCCC(=O)O. The second-order valence-electron chi connectivity index (χ2n) is 3.32. The third-order valence-electron chi connectivity index (χ3n) is 2.24. The Morgan fingerprint density at radius 3 is 2.92 bits per heavy atom. The van der Waals surface area contributed by atoms with Crippen molar-refractivity contribution in [1.29, 1.82) is 0 Å². The highest BCUT2D eigenvalue weighted by molar-refractivity contribution is 8.00.